The molecule has 1 aliphatic heterocycles. The second-order valence-electron chi connectivity index (χ2n) is 8.17. The zero-order chi connectivity index (χ0) is 20.3. The molecule has 0 saturated heterocycles. The third-order valence-corrected chi connectivity index (χ3v) is 5.63. The molecular weight excluding hydrogens is 358 g/mol. The number of aryl methyl sites for hydroxylation is 1. The van der Waals surface area contributed by atoms with Crippen molar-refractivity contribution < 1.29 is 4.79 Å². The van der Waals surface area contributed by atoms with Crippen molar-refractivity contribution in [3.05, 3.63) is 84.1 Å². The van der Waals surface area contributed by atoms with Gasteiger partial charge in [-0.15, -0.1) is 0 Å². The Morgan fingerprint density at radius 3 is 2.62 bits per heavy atom. The minimum absolute atomic E-state index is 0.0370. The molecule has 0 atom stereocenters. The fraction of sp³-hybridized carbons (Fsp3) is 0.280. The van der Waals surface area contributed by atoms with E-state index >= 15 is 0 Å². The number of aromatic nitrogens is 1. The Morgan fingerprint density at radius 2 is 1.86 bits per heavy atom. The Labute approximate surface area is 172 Å². The summed E-state index contributed by atoms with van der Waals surface area (Å²) in [5, 5.41) is 3.13. The van der Waals surface area contributed by atoms with Gasteiger partial charge in [0.15, 0.2) is 0 Å². The van der Waals surface area contributed by atoms with Crippen molar-refractivity contribution in [1.82, 2.24) is 10.3 Å². The van der Waals surface area contributed by atoms with Crippen LogP contribution in [-0.4, -0.2) is 23.1 Å². The molecule has 3 aromatic rings. The summed E-state index contributed by atoms with van der Waals surface area (Å²) in [5.41, 5.74) is 5.13. The maximum atomic E-state index is 13.2. The minimum Gasteiger partial charge on any atom is -0.337 e. The van der Waals surface area contributed by atoms with E-state index in [0.29, 0.717) is 6.54 Å². The second kappa shape index (κ2) is 8.08. The normalized spacial score (nSPS) is 14.9. The van der Waals surface area contributed by atoms with Gasteiger partial charge >= 0.3 is 6.03 Å². The highest BCUT2D eigenvalue weighted by Crippen LogP contribution is 2.38. The minimum atomic E-state index is -0.243. The Morgan fingerprint density at radius 1 is 1.07 bits per heavy atom. The highest BCUT2D eigenvalue weighted by molar-refractivity contribution is 5.95. The van der Waals surface area contributed by atoms with Gasteiger partial charge in [0.2, 0.25) is 0 Å². The molecule has 0 bridgehead atoms. The van der Waals surface area contributed by atoms with E-state index in [4.69, 9.17) is 0 Å². The molecule has 0 unspecified atom stereocenters. The summed E-state index contributed by atoms with van der Waals surface area (Å²) in [6, 6.07) is 22.5. The third kappa shape index (κ3) is 4.16. The van der Waals surface area contributed by atoms with Gasteiger partial charge in [0.1, 0.15) is 0 Å². The van der Waals surface area contributed by atoms with Crippen LogP contribution in [0.4, 0.5) is 10.5 Å². The van der Waals surface area contributed by atoms with E-state index in [0.717, 1.165) is 36.2 Å². The molecule has 2 aromatic carbocycles. The van der Waals surface area contributed by atoms with E-state index < -0.39 is 0 Å². The van der Waals surface area contributed by atoms with Gasteiger partial charge in [-0.2, -0.15) is 0 Å². The van der Waals surface area contributed by atoms with Crippen molar-refractivity contribution in [2.24, 2.45) is 0 Å². The Bertz CT molecular complexity index is 983. The number of pyridine rings is 1. The number of urea groups is 1. The second-order valence-corrected chi connectivity index (χ2v) is 8.17. The summed E-state index contributed by atoms with van der Waals surface area (Å²) in [7, 11) is 0. The van der Waals surface area contributed by atoms with Crippen LogP contribution in [0, 0.1) is 0 Å². The van der Waals surface area contributed by atoms with Crippen LogP contribution in [0.5, 0.6) is 0 Å². The number of fused-ring (bicyclic) bond motifs is 1. The first kappa shape index (κ1) is 19.2. The van der Waals surface area contributed by atoms with Gasteiger partial charge in [-0.3, -0.25) is 9.88 Å². The van der Waals surface area contributed by atoms with E-state index in [2.05, 4.69) is 54.5 Å². The van der Waals surface area contributed by atoms with Crippen LogP contribution in [0.3, 0.4) is 0 Å². The lowest BCUT2D eigenvalue weighted by atomic mass is 9.86. The van der Waals surface area contributed by atoms with Gasteiger partial charge < -0.3 is 5.32 Å². The fourth-order valence-electron chi connectivity index (χ4n) is 3.98. The van der Waals surface area contributed by atoms with Gasteiger partial charge in [-0.25, -0.2) is 4.79 Å². The van der Waals surface area contributed by atoms with Gasteiger partial charge in [0.25, 0.3) is 0 Å². The molecule has 0 radical (unpaired) electrons. The molecule has 2 amide bonds. The number of hydrogen-bond acceptors (Lipinski definition) is 2. The molecule has 1 aromatic heterocycles. The summed E-state index contributed by atoms with van der Waals surface area (Å²) in [6.07, 6.45) is 4.53. The van der Waals surface area contributed by atoms with Crippen molar-refractivity contribution in [2.75, 3.05) is 11.4 Å². The van der Waals surface area contributed by atoms with Crippen molar-refractivity contribution in [3.63, 3.8) is 0 Å². The largest absolute Gasteiger partial charge is 0.337 e. The Balaban J connectivity index is 1.58. The maximum absolute atomic E-state index is 13.2. The number of nitrogens with one attached hydrogen (secondary N) is 1. The Kier molecular flexibility index (Phi) is 5.34. The van der Waals surface area contributed by atoms with Crippen LogP contribution in [0.25, 0.3) is 11.3 Å². The number of carbonyl (C=O) groups is 1. The smallest absolute Gasteiger partial charge is 0.322 e. The van der Waals surface area contributed by atoms with E-state index in [1.54, 1.807) is 6.20 Å². The SMILES string of the molecule is CC1(C)CCc2ccc(-c3ccccn3)cc2N1C(=O)NCCc1ccccc1. The molecule has 2 heterocycles. The predicted octanol–water partition coefficient (Wildman–Crippen LogP) is 5.23. The first-order valence-corrected chi connectivity index (χ1v) is 10.2. The van der Waals surface area contributed by atoms with Crippen LogP contribution >= 0.6 is 0 Å². The molecule has 0 fully saturated rings. The molecule has 0 spiro atoms. The summed E-state index contributed by atoms with van der Waals surface area (Å²) in [5.74, 6) is 0. The molecule has 29 heavy (non-hydrogen) atoms. The topological polar surface area (TPSA) is 45.2 Å². The highest BCUT2D eigenvalue weighted by atomic mass is 16.2. The van der Waals surface area contributed by atoms with Crippen LogP contribution in [0.1, 0.15) is 31.4 Å². The van der Waals surface area contributed by atoms with Crippen LogP contribution in [-0.2, 0) is 12.8 Å². The summed E-state index contributed by atoms with van der Waals surface area (Å²) in [4.78, 5) is 19.6. The molecule has 148 valence electrons. The lowest BCUT2D eigenvalue weighted by Gasteiger charge is -2.43. The quantitative estimate of drug-likeness (QED) is 0.668. The van der Waals surface area contributed by atoms with Crippen molar-refractivity contribution >= 4 is 11.7 Å². The number of rotatable bonds is 4. The van der Waals surface area contributed by atoms with Crippen LogP contribution in [0.2, 0.25) is 0 Å². The van der Waals surface area contributed by atoms with Crippen molar-refractivity contribution in [3.8, 4) is 11.3 Å². The van der Waals surface area contributed by atoms with E-state index in [-0.39, 0.29) is 11.6 Å². The van der Waals surface area contributed by atoms with Crippen LogP contribution in [0.15, 0.2) is 72.9 Å². The van der Waals surface area contributed by atoms with Crippen molar-refractivity contribution in [1.29, 1.82) is 0 Å². The number of amides is 2. The summed E-state index contributed by atoms with van der Waals surface area (Å²) in [6.45, 7) is 4.89. The van der Waals surface area contributed by atoms with Gasteiger partial charge in [-0.05, 0) is 62.4 Å². The average Bonchev–Trinajstić information content (AvgIpc) is 2.74. The number of benzene rings is 2. The van der Waals surface area contributed by atoms with E-state index in [1.165, 1.54) is 11.1 Å². The molecule has 4 nitrogen and oxygen atoms in total. The average molecular weight is 386 g/mol. The maximum Gasteiger partial charge on any atom is 0.322 e. The predicted molar refractivity (Wildman–Crippen MR) is 118 cm³/mol. The lowest BCUT2D eigenvalue weighted by Crippen LogP contribution is -2.55. The number of hydrogen-bond donors (Lipinski definition) is 1. The third-order valence-electron chi connectivity index (χ3n) is 5.63. The van der Waals surface area contributed by atoms with Gasteiger partial charge in [0, 0.05) is 29.5 Å². The first-order chi connectivity index (χ1) is 14.0. The summed E-state index contributed by atoms with van der Waals surface area (Å²) >= 11 is 0. The molecule has 4 heteroatoms. The zero-order valence-corrected chi connectivity index (χ0v) is 17.1. The molecule has 4 rings (SSSR count). The van der Waals surface area contributed by atoms with E-state index in [1.807, 2.05) is 41.3 Å². The standard InChI is InChI=1S/C25H27N3O/c1-25(2)15-13-20-11-12-21(22-10-6-7-16-26-22)18-23(20)28(25)24(29)27-17-14-19-8-4-3-5-9-19/h3-12,16,18H,13-15,17H2,1-2H3,(H,27,29). The fourth-order valence-corrected chi connectivity index (χ4v) is 3.98. The monoisotopic (exact) mass is 385 g/mol. The van der Waals surface area contributed by atoms with Gasteiger partial charge in [-0.1, -0.05) is 48.5 Å². The van der Waals surface area contributed by atoms with Crippen LogP contribution < -0.4 is 10.2 Å². The first-order valence-electron chi connectivity index (χ1n) is 10.2. The number of carbonyl (C=O) groups excluding carboxylic acids is 1. The van der Waals surface area contributed by atoms with Gasteiger partial charge in [0.05, 0.1) is 5.69 Å². The number of nitrogens with zero attached hydrogens (tertiary/aromatic N) is 2. The highest BCUT2D eigenvalue weighted by Gasteiger charge is 2.37. The molecular formula is C25H27N3O. The molecule has 0 saturated carbocycles. The molecule has 1 N–H and O–H groups in total. The number of anilines is 1. The Hall–Kier alpha value is -3.14. The molecule has 0 aliphatic carbocycles. The zero-order valence-electron chi connectivity index (χ0n) is 17.1. The molecule has 1 aliphatic rings. The van der Waals surface area contributed by atoms with Crippen molar-refractivity contribution in [2.45, 2.75) is 38.6 Å². The van der Waals surface area contributed by atoms with E-state index in [9.17, 15) is 4.79 Å². The summed E-state index contributed by atoms with van der Waals surface area (Å²) < 4.78 is 0. The lowest BCUT2D eigenvalue weighted by molar-refractivity contribution is 0.237.